The molecule has 2 aromatic heterocycles. The van der Waals surface area contributed by atoms with Gasteiger partial charge in [0.25, 0.3) is 0 Å². The summed E-state index contributed by atoms with van der Waals surface area (Å²) in [6.45, 7) is 2.99. The number of aromatic nitrogens is 2. The summed E-state index contributed by atoms with van der Waals surface area (Å²) in [6, 6.07) is 33.6. The molecule has 3 N–H and O–H groups in total. The molecule has 2 aromatic carbocycles. The molecule has 34 heavy (non-hydrogen) atoms. The Kier molecular flexibility index (Phi) is 14.5. The monoisotopic (exact) mass is 635 g/mol. The Labute approximate surface area is 215 Å². The first kappa shape index (κ1) is 29.3. The van der Waals surface area contributed by atoms with Gasteiger partial charge in [-0.2, -0.15) is 0 Å². The smallest absolute Gasteiger partial charge is 0.0820 e. The van der Waals surface area contributed by atoms with Crippen LogP contribution in [0.4, 0.5) is 0 Å². The molecule has 0 saturated carbocycles. The molecule has 4 aromatic rings. The Morgan fingerprint density at radius 1 is 0.706 bits per heavy atom. The van der Waals surface area contributed by atoms with E-state index in [4.69, 9.17) is 15.3 Å². The van der Waals surface area contributed by atoms with Gasteiger partial charge in [-0.3, -0.25) is 0 Å². The molecule has 6 heteroatoms. The van der Waals surface area contributed by atoms with Gasteiger partial charge < -0.3 is 25.3 Å². The molecule has 0 aliphatic carbocycles. The molecule has 1 radical (unpaired) electrons. The van der Waals surface area contributed by atoms with Crippen molar-refractivity contribution in [3.63, 3.8) is 0 Å². The average Bonchev–Trinajstić information content (AvgIpc) is 2.90. The molecule has 5 nitrogen and oxygen atoms in total. The Morgan fingerprint density at radius 2 is 1.15 bits per heavy atom. The topological polar surface area (TPSA) is 86.5 Å². The normalized spacial score (nSPS) is 12.4. The maximum atomic E-state index is 8.89. The number of benzene rings is 2. The van der Waals surface area contributed by atoms with Crippen LogP contribution in [0.25, 0.3) is 22.5 Å². The van der Waals surface area contributed by atoms with Crippen LogP contribution in [0.2, 0.25) is 0 Å². The van der Waals surface area contributed by atoms with Gasteiger partial charge in [0.15, 0.2) is 0 Å². The zero-order valence-electron chi connectivity index (χ0n) is 19.2. The molecular formula is C28H30IrN2O3-2. The molecule has 4 rings (SSSR count). The fourth-order valence-corrected chi connectivity index (χ4v) is 2.64. The van der Waals surface area contributed by atoms with Crippen molar-refractivity contribution in [2.75, 3.05) is 6.61 Å². The summed E-state index contributed by atoms with van der Waals surface area (Å²) in [5, 5.41) is 26.1. The SMILES string of the molecule is CC(O)C(C)C(O)CO.[Ir].[c-]1ccccc1-c1ccccn1.[c-]1ccccc1-c1ccccn1. The zero-order chi connectivity index (χ0) is 23.9. The number of hydrogen-bond donors (Lipinski definition) is 3. The quantitative estimate of drug-likeness (QED) is 0.283. The predicted octanol–water partition coefficient (Wildman–Crippen LogP) is 4.45. The second-order valence-electron chi connectivity index (χ2n) is 7.33. The van der Waals surface area contributed by atoms with Crippen molar-refractivity contribution in [2.24, 2.45) is 5.92 Å². The molecule has 2 heterocycles. The minimum absolute atomic E-state index is 0. The van der Waals surface area contributed by atoms with Crippen LogP contribution in [0.1, 0.15) is 13.8 Å². The van der Waals surface area contributed by atoms with Gasteiger partial charge in [-0.05, 0) is 30.4 Å². The summed E-state index contributed by atoms with van der Waals surface area (Å²) >= 11 is 0. The van der Waals surface area contributed by atoms with Gasteiger partial charge in [0, 0.05) is 38.4 Å². The van der Waals surface area contributed by atoms with Crippen LogP contribution in [0.15, 0.2) is 97.3 Å². The first-order valence-electron chi connectivity index (χ1n) is 10.8. The Hall–Kier alpha value is -2.73. The third kappa shape index (κ3) is 10.5. The first-order valence-corrected chi connectivity index (χ1v) is 10.8. The van der Waals surface area contributed by atoms with Crippen LogP contribution in [0, 0.1) is 18.1 Å². The van der Waals surface area contributed by atoms with E-state index < -0.39 is 12.2 Å². The van der Waals surface area contributed by atoms with E-state index in [1.807, 2.05) is 84.9 Å². The van der Waals surface area contributed by atoms with Crippen LogP contribution in [-0.4, -0.2) is 44.1 Å². The minimum Gasteiger partial charge on any atom is -0.394 e. The maximum Gasteiger partial charge on any atom is 0.0820 e. The van der Waals surface area contributed by atoms with E-state index in [9.17, 15) is 0 Å². The molecule has 181 valence electrons. The van der Waals surface area contributed by atoms with Crippen molar-refractivity contribution in [2.45, 2.75) is 26.1 Å². The largest absolute Gasteiger partial charge is 0.394 e. The average molecular weight is 635 g/mol. The van der Waals surface area contributed by atoms with Gasteiger partial charge in [0.2, 0.25) is 0 Å². The van der Waals surface area contributed by atoms with E-state index in [1.165, 1.54) is 0 Å². The number of aliphatic hydroxyl groups is 3. The fourth-order valence-electron chi connectivity index (χ4n) is 2.64. The van der Waals surface area contributed by atoms with Gasteiger partial charge in [0.05, 0.1) is 18.8 Å². The van der Waals surface area contributed by atoms with Crippen LogP contribution in [0.5, 0.6) is 0 Å². The number of hydrogen-bond acceptors (Lipinski definition) is 5. The van der Waals surface area contributed by atoms with Gasteiger partial charge in [-0.15, -0.1) is 71.8 Å². The number of aliphatic hydroxyl groups excluding tert-OH is 3. The summed E-state index contributed by atoms with van der Waals surface area (Å²) in [5.74, 6) is -0.255. The molecule has 0 bridgehead atoms. The van der Waals surface area contributed by atoms with Crippen molar-refractivity contribution in [3.05, 3.63) is 109 Å². The summed E-state index contributed by atoms with van der Waals surface area (Å²) < 4.78 is 0. The fraction of sp³-hybridized carbons (Fsp3) is 0.214. The van der Waals surface area contributed by atoms with Crippen molar-refractivity contribution in [1.82, 2.24) is 9.97 Å². The summed E-state index contributed by atoms with van der Waals surface area (Å²) in [6.07, 6.45) is 2.21. The van der Waals surface area contributed by atoms with Crippen LogP contribution >= 0.6 is 0 Å². The second kappa shape index (κ2) is 16.8. The number of nitrogens with zero attached hydrogens (tertiary/aromatic N) is 2. The van der Waals surface area contributed by atoms with Gasteiger partial charge in [-0.1, -0.05) is 31.2 Å². The van der Waals surface area contributed by atoms with E-state index in [0.29, 0.717) is 0 Å². The molecule has 0 spiro atoms. The Morgan fingerprint density at radius 3 is 1.41 bits per heavy atom. The molecule has 0 fully saturated rings. The predicted molar refractivity (Wildman–Crippen MR) is 131 cm³/mol. The van der Waals surface area contributed by atoms with Gasteiger partial charge >= 0.3 is 0 Å². The van der Waals surface area contributed by atoms with Crippen molar-refractivity contribution >= 4 is 0 Å². The molecular weight excluding hydrogens is 605 g/mol. The van der Waals surface area contributed by atoms with Gasteiger partial charge in [0.1, 0.15) is 0 Å². The Bertz CT molecular complexity index is 855. The second-order valence-corrected chi connectivity index (χ2v) is 7.33. The minimum atomic E-state index is -0.801. The van der Waals surface area contributed by atoms with Crippen molar-refractivity contribution in [3.8, 4) is 22.5 Å². The van der Waals surface area contributed by atoms with Crippen molar-refractivity contribution < 1.29 is 35.4 Å². The van der Waals surface area contributed by atoms with E-state index in [2.05, 4.69) is 22.1 Å². The maximum absolute atomic E-state index is 8.89. The van der Waals surface area contributed by atoms with Crippen molar-refractivity contribution in [1.29, 1.82) is 0 Å². The third-order valence-corrected chi connectivity index (χ3v) is 4.85. The Balaban J connectivity index is 0.000000255. The molecule has 0 aliphatic heterocycles. The van der Waals surface area contributed by atoms with E-state index in [1.54, 1.807) is 26.2 Å². The number of rotatable bonds is 5. The third-order valence-electron chi connectivity index (χ3n) is 4.85. The van der Waals surface area contributed by atoms with Crippen LogP contribution in [-0.2, 0) is 20.1 Å². The molecule has 3 atom stereocenters. The van der Waals surface area contributed by atoms with E-state index in [0.717, 1.165) is 22.5 Å². The van der Waals surface area contributed by atoms with E-state index in [-0.39, 0.29) is 32.6 Å². The standard InChI is InChI=1S/2C11H8N.C6H14O3.Ir/c2*1-2-6-10(7-3-1)11-8-4-5-9-12-11;1-4(5(2)8)6(9)3-7;/h2*1-6,8-9H;4-9H,3H2,1-2H3;/q2*-1;;. The zero-order valence-corrected chi connectivity index (χ0v) is 21.6. The van der Waals surface area contributed by atoms with Gasteiger partial charge in [-0.25, -0.2) is 0 Å². The molecule has 0 aliphatic rings. The molecule has 0 amide bonds. The first-order chi connectivity index (χ1) is 16.0. The number of pyridine rings is 2. The summed E-state index contributed by atoms with van der Waals surface area (Å²) in [7, 11) is 0. The summed E-state index contributed by atoms with van der Waals surface area (Å²) in [4.78, 5) is 8.44. The van der Waals surface area contributed by atoms with E-state index >= 15 is 0 Å². The summed E-state index contributed by atoms with van der Waals surface area (Å²) in [5.41, 5.74) is 4.02. The molecule has 3 unspecified atom stereocenters. The molecule has 0 saturated heterocycles. The van der Waals surface area contributed by atoms with Crippen LogP contribution < -0.4 is 0 Å². The van der Waals surface area contributed by atoms with Crippen LogP contribution in [0.3, 0.4) is 0 Å².